The van der Waals surface area contributed by atoms with E-state index < -0.39 is 0 Å². The fourth-order valence-corrected chi connectivity index (χ4v) is 4.30. The number of imidazole rings is 1. The van der Waals surface area contributed by atoms with Gasteiger partial charge in [-0.2, -0.15) is 0 Å². The Labute approximate surface area is 165 Å². The van der Waals surface area contributed by atoms with Gasteiger partial charge in [0.1, 0.15) is 17.8 Å². The van der Waals surface area contributed by atoms with Gasteiger partial charge < -0.3 is 15.2 Å². The molecule has 138 valence electrons. The van der Waals surface area contributed by atoms with E-state index in [4.69, 9.17) is 16.3 Å². The van der Waals surface area contributed by atoms with Crippen LogP contribution in [0.3, 0.4) is 0 Å². The highest BCUT2D eigenvalue weighted by molar-refractivity contribution is 8.00. The summed E-state index contributed by atoms with van der Waals surface area (Å²) < 4.78 is 7.17. The van der Waals surface area contributed by atoms with Crippen LogP contribution in [0.5, 0.6) is 11.5 Å². The number of fused-ring (bicyclic) bond motifs is 1. The molecular weight excluding hydrogens is 386 g/mol. The van der Waals surface area contributed by atoms with E-state index in [2.05, 4.69) is 10.3 Å². The third-order valence-corrected chi connectivity index (χ3v) is 5.88. The molecule has 1 aromatic heterocycles. The van der Waals surface area contributed by atoms with Crippen molar-refractivity contribution in [1.82, 2.24) is 9.55 Å². The lowest BCUT2D eigenvalue weighted by Crippen LogP contribution is -2.12. The van der Waals surface area contributed by atoms with Gasteiger partial charge >= 0.3 is 0 Å². The number of carbonyl (C=O) groups is 1. The van der Waals surface area contributed by atoms with Crippen molar-refractivity contribution in [2.24, 2.45) is 0 Å². The monoisotopic (exact) mass is 401 g/mol. The quantitative estimate of drug-likeness (QED) is 0.693. The normalized spacial score (nSPS) is 16.4. The number of ether oxygens (including phenoxy) is 1. The third-order valence-electron chi connectivity index (χ3n) is 4.32. The van der Waals surface area contributed by atoms with Crippen molar-refractivity contribution in [2.45, 2.75) is 5.25 Å². The molecule has 0 saturated heterocycles. The lowest BCUT2D eigenvalue weighted by atomic mass is 10.1. The number of anilines is 1. The number of nitrogens with one attached hydrogen (secondary N) is 1. The van der Waals surface area contributed by atoms with Gasteiger partial charge in [-0.15, -0.1) is 11.8 Å². The zero-order valence-electron chi connectivity index (χ0n) is 14.3. The van der Waals surface area contributed by atoms with Gasteiger partial charge in [-0.05, 0) is 42.0 Å². The van der Waals surface area contributed by atoms with E-state index in [1.807, 2.05) is 34.9 Å². The molecule has 4 rings (SSSR count). The number of aromatic nitrogens is 2. The molecule has 0 fully saturated rings. The number of thioether (sulfide) groups is 1. The number of phenols is 1. The first kappa shape index (κ1) is 17.8. The van der Waals surface area contributed by atoms with Crippen LogP contribution in [0.4, 0.5) is 5.82 Å². The smallest absolute Gasteiger partial charge is 0.235 e. The predicted octanol–water partition coefficient (Wildman–Crippen LogP) is 4.01. The van der Waals surface area contributed by atoms with E-state index in [1.54, 1.807) is 25.6 Å². The fourth-order valence-electron chi connectivity index (χ4n) is 3.00. The summed E-state index contributed by atoms with van der Waals surface area (Å²) in [4.78, 5) is 16.5. The number of rotatable bonds is 3. The van der Waals surface area contributed by atoms with Gasteiger partial charge in [0.15, 0.2) is 5.82 Å². The Balaban J connectivity index is 1.85. The van der Waals surface area contributed by atoms with Crippen LogP contribution >= 0.6 is 23.4 Å². The maximum absolute atomic E-state index is 12.1. The number of aromatic hydroxyl groups is 1. The predicted molar refractivity (Wildman–Crippen MR) is 106 cm³/mol. The van der Waals surface area contributed by atoms with Gasteiger partial charge in [-0.1, -0.05) is 17.7 Å². The lowest BCUT2D eigenvalue weighted by Gasteiger charge is -2.18. The highest BCUT2D eigenvalue weighted by Gasteiger charge is 2.29. The Hall–Kier alpha value is -2.64. The number of phenolic OH excluding ortho intramolecular Hbond substituents is 1. The topological polar surface area (TPSA) is 76.4 Å². The Kier molecular flexibility index (Phi) is 4.72. The Bertz CT molecular complexity index is 1000. The molecule has 3 aromatic rings. The van der Waals surface area contributed by atoms with E-state index in [0.29, 0.717) is 11.6 Å². The molecule has 1 amide bonds. The number of nitrogens with zero attached hydrogens (tertiary/aromatic N) is 2. The van der Waals surface area contributed by atoms with Crippen LogP contribution in [0.15, 0.2) is 48.8 Å². The van der Waals surface area contributed by atoms with Crippen molar-refractivity contribution < 1.29 is 14.6 Å². The number of hydrogen-bond acceptors (Lipinski definition) is 5. The molecule has 1 unspecified atom stereocenters. The van der Waals surface area contributed by atoms with Crippen molar-refractivity contribution in [1.29, 1.82) is 0 Å². The summed E-state index contributed by atoms with van der Waals surface area (Å²) in [5.41, 5.74) is 2.63. The molecular formula is C19H16ClN3O3S. The average molecular weight is 402 g/mol. The molecule has 2 aromatic carbocycles. The molecule has 1 aliphatic heterocycles. The molecule has 0 radical (unpaired) electrons. The first-order valence-electron chi connectivity index (χ1n) is 8.18. The van der Waals surface area contributed by atoms with E-state index in [-0.39, 0.29) is 21.9 Å². The van der Waals surface area contributed by atoms with Gasteiger partial charge in [-0.25, -0.2) is 4.98 Å². The second-order valence-electron chi connectivity index (χ2n) is 6.00. The number of amides is 1. The second-order valence-corrected chi connectivity index (χ2v) is 7.50. The Morgan fingerprint density at radius 3 is 2.78 bits per heavy atom. The summed E-state index contributed by atoms with van der Waals surface area (Å²) in [7, 11) is 1.62. The average Bonchev–Trinajstić information content (AvgIpc) is 3.00. The number of benzene rings is 2. The molecule has 6 nitrogen and oxygen atoms in total. The first-order valence-corrected chi connectivity index (χ1v) is 9.61. The molecule has 2 heterocycles. The number of methoxy groups -OCH3 is 1. The summed E-state index contributed by atoms with van der Waals surface area (Å²) in [5, 5.41) is 12.7. The standard InChI is InChI=1S/C19H16ClN3O3S/c1-26-13-5-3-12(4-6-13)23-10-21-19-17(23)18(27-9-16(25)22-19)11-2-7-15(24)14(20)8-11/h2-8,10,18,24H,9H2,1H3,(H,22,25). The molecule has 0 spiro atoms. The van der Waals surface area contributed by atoms with Gasteiger partial charge in [0.2, 0.25) is 5.91 Å². The molecule has 27 heavy (non-hydrogen) atoms. The zero-order valence-corrected chi connectivity index (χ0v) is 15.9. The molecule has 1 aliphatic rings. The molecule has 1 atom stereocenters. The summed E-state index contributed by atoms with van der Waals surface area (Å²) in [6, 6.07) is 12.7. The van der Waals surface area contributed by atoms with E-state index >= 15 is 0 Å². The number of carbonyl (C=O) groups excluding carboxylic acids is 1. The van der Waals surface area contributed by atoms with E-state index in [0.717, 1.165) is 22.7 Å². The van der Waals surface area contributed by atoms with Gasteiger partial charge in [0, 0.05) is 5.69 Å². The summed E-state index contributed by atoms with van der Waals surface area (Å²) in [5.74, 6) is 1.50. The van der Waals surface area contributed by atoms with Gasteiger partial charge in [-0.3, -0.25) is 9.36 Å². The summed E-state index contributed by atoms with van der Waals surface area (Å²) in [6.07, 6.45) is 1.69. The lowest BCUT2D eigenvalue weighted by molar-refractivity contribution is -0.113. The van der Waals surface area contributed by atoms with Crippen molar-refractivity contribution >= 4 is 35.1 Å². The zero-order chi connectivity index (χ0) is 19.0. The van der Waals surface area contributed by atoms with E-state index in [1.165, 1.54) is 11.8 Å². The highest BCUT2D eigenvalue weighted by atomic mass is 35.5. The van der Waals surface area contributed by atoms with Crippen LogP contribution in [-0.2, 0) is 4.79 Å². The first-order chi connectivity index (χ1) is 13.1. The Morgan fingerprint density at radius 1 is 1.30 bits per heavy atom. The summed E-state index contributed by atoms with van der Waals surface area (Å²) in [6.45, 7) is 0. The van der Waals surface area contributed by atoms with Crippen molar-refractivity contribution in [3.8, 4) is 17.2 Å². The van der Waals surface area contributed by atoms with Crippen LogP contribution in [-0.4, -0.2) is 33.4 Å². The molecule has 0 aliphatic carbocycles. The molecule has 0 saturated carbocycles. The van der Waals surface area contributed by atoms with Crippen LogP contribution in [0.25, 0.3) is 5.69 Å². The van der Waals surface area contributed by atoms with Crippen molar-refractivity contribution in [3.05, 3.63) is 65.1 Å². The summed E-state index contributed by atoms with van der Waals surface area (Å²) >= 11 is 7.60. The maximum atomic E-state index is 12.1. The SMILES string of the molecule is COc1ccc(-n2cnc3c2C(c2ccc(O)c(Cl)c2)SCC(=O)N3)cc1. The third kappa shape index (κ3) is 3.36. The number of hydrogen-bond donors (Lipinski definition) is 2. The number of halogens is 1. The van der Waals surface area contributed by atoms with Crippen LogP contribution < -0.4 is 10.1 Å². The van der Waals surface area contributed by atoms with Gasteiger partial charge in [0.05, 0.1) is 28.8 Å². The minimum absolute atomic E-state index is 0.0251. The van der Waals surface area contributed by atoms with Crippen LogP contribution in [0.2, 0.25) is 5.02 Å². The minimum Gasteiger partial charge on any atom is -0.506 e. The van der Waals surface area contributed by atoms with Crippen molar-refractivity contribution in [3.63, 3.8) is 0 Å². The maximum Gasteiger partial charge on any atom is 0.235 e. The largest absolute Gasteiger partial charge is 0.506 e. The fraction of sp³-hybridized carbons (Fsp3) is 0.158. The second kappa shape index (κ2) is 7.17. The minimum atomic E-state index is -0.179. The molecule has 8 heteroatoms. The molecule has 2 N–H and O–H groups in total. The highest BCUT2D eigenvalue weighted by Crippen LogP contribution is 2.43. The molecule has 0 bridgehead atoms. The van der Waals surface area contributed by atoms with Crippen LogP contribution in [0, 0.1) is 0 Å². The Morgan fingerprint density at radius 2 is 2.07 bits per heavy atom. The van der Waals surface area contributed by atoms with Crippen molar-refractivity contribution in [2.75, 3.05) is 18.2 Å². The van der Waals surface area contributed by atoms with Crippen LogP contribution in [0.1, 0.15) is 16.5 Å². The van der Waals surface area contributed by atoms with Gasteiger partial charge in [0.25, 0.3) is 0 Å². The van der Waals surface area contributed by atoms with E-state index in [9.17, 15) is 9.90 Å².